The minimum absolute atomic E-state index is 0.218. The number of hydrogen-bond acceptors (Lipinski definition) is 6. The normalized spacial score (nSPS) is 17.1. The van der Waals surface area contributed by atoms with Crippen molar-refractivity contribution in [3.63, 3.8) is 0 Å². The molecular formula is C21H23Cl2NO5S2. The first kappa shape index (κ1) is 24.2. The number of benzene rings is 2. The number of hydrogen-bond donors (Lipinski definition) is 0. The summed E-state index contributed by atoms with van der Waals surface area (Å²) < 4.78 is 38.1. The van der Waals surface area contributed by atoms with Crippen LogP contribution in [0.3, 0.4) is 0 Å². The van der Waals surface area contributed by atoms with Crippen LogP contribution in [0.25, 0.3) is 0 Å². The molecule has 10 heteroatoms. The highest BCUT2D eigenvalue weighted by Crippen LogP contribution is 2.34. The summed E-state index contributed by atoms with van der Waals surface area (Å²) in [6.45, 7) is 3.73. The second-order valence-electron chi connectivity index (χ2n) is 7.19. The maximum Gasteiger partial charge on any atom is 0.344 e. The first-order valence-corrected chi connectivity index (χ1v) is 12.9. The minimum Gasteiger partial charge on any atom is -0.480 e. The maximum atomic E-state index is 13.1. The number of carbonyl (C=O) groups excluding carboxylic acids is 1. The molecule has 1 saturated heterocycles. The van der Waals surface area contributed by atoms with Crippen molar-refractivity contribution < 1.29 is 22.7 Å². The third-order valence-corrected chi connectivity index (χ3v) is 8.31. The van der Waals surface area contributed by atoms with Gasteiger partial charge in [0.25, 0.3) is 0 Å². The van der Waals surface area contributed by atoms with E-state index in [-0.39, 0.29) is 23.0 Å². The van der Waals surface area contributed by atoms with Crippen molar-refractivity contribution in [1.82, 2.24) is 4.31 Å². The van der Waals surface area contributed by atoms with Crippen LogP contribution in [-0.2, 0) is 26.0 Å². The highest BCUT2D eigenvalue weighted by Gasteiger charge is 2.36. The first-order valence-electron chi connectivity index (χ1n) is 9.66. The van der Waals surface area contributed by atoms with Crippen LogP contribution in [0.1, 0.15) is 19.4 Å². The van der Waals surface area contributed by atoms with E-state index in [1.807, 2.05) is 6.07 Å². The Kier molecular flexibility index (Phi) is 8.15. The molecule has 168 valence electrons. The molecule has 1 atom stereocenters. The number of carbonyl (C=O) groups is 1. The molecular weight excluding hydrogens is 481 g/mol. The standard InChI is InChI=1S/C21H23Cl2NO5S2/c1-14(2)29-21(25)13-28-19-8-3-15(11-18(19)23)12-20-24(9-10-30-20)31(26,27)17-6-4-16(22)5-7-17/h3-8,11,14,20H,9-10,12-13H2,1-2H3. The van der Waals surface area contributed by atoms with E-state index >= 15 is 0 Å². The number of sulfonamides is 1. The zero-order valence-corrected chi connectivity index (χ0v) is 20.2. The Morgan fingerprint density at radius 2 is 1.90 bits per heavy atom. The van der Waals surface area contributed by atoms with Crippen molar-refractivity contribution in [2.45, 2.75) is 36.6 Å². The van der Waals surface area contributed by atoms with E-state index in [1.54, 1.807) is 49.9 Å². The van der Waals surface area contributed by atoms with Crippen LogP contribution < -0.4 is 4.74 Å². The Hall–Kier alpha value is -1.45. The molecule has 0 bridgehead atoms. The number of nitrogens with zero attached hydrogens (tertiary/aromatic N) is 1. The van der Waals surface area contributed by atoms with Gasteiger partial charge in [0.2, 0.25) is 10.0 Å². The topological polar surface area (TPSA) is 72.9 Å². The van der Waals surface area contributed by atoms with Gasteiger partial charge in [-0.25, -0.2) is 13.2 Å². The lowest BCUT2D eigenvalue weighted by molar-refractivity contribution is -0.149. The monoisotopic (exact) mass is 503 g/mol. The third kappa shape index (κ3) is 6.29. The molecule has 0 spiro atoms. The van der Waals surface area contributed by atoms with Gasteiger partial charge in [0.15, 0.2) is 6.61 Å². The highest BCUT2D eigenvalue weighted by atomic mass is 35.5. The Balaban J connectivity index is 1.68. The van der Waals surface area contributed by atoms with E-state index in [1.165, 1.54) is 16.4 Å². The minimum atomic E-state index is -3.63. The molecule has 6 nitrogen and oxygen atoms in total. The molecule has 1 fully saturated rings. The van der Waals surface area contributed by atoms with Gasteiger partial charge in [-0.2, -0.15) is 4.31 Å². The molecule has 0 radical (unpaired) electrons. The summed E-state index contributed by atoms with van der Waals surface area (Å²) in [6, 6.07) is 11.4. The van der Waals surface area contributed by atoms with Gasteiger partial charge in [0.05, 0.1) is 21.4 Å². The summed E-state index contributed by atoms with van der Waals surface area (Å²) in [5, 5.41) is 0.593. The zero-order chi connectivity index (χ0) is 22.6. The van der Waals surface area contributed by atoms with Gasteiger partial charge < -0.3 is 9.47 Å². The lowest BCUT2D eigenvalue weighted by Gasteiger charge is -2.23. The van der Waals surface area contributed by atoms with E-state index in [9.17, 15) is 13.2 Å². The smallest absolute Gasteiger partial charge is 0.344 e. The average Bonchev–Trinajstić information content (AvgIpc) is 3.16. The quantitative estimate of drug-likeness (QED) is 0.489. The Morgan fingerprint density at radius 3 is 2.55 bits per heavy atom. The van der Waals surface area contributed by atoms with E-state index in [4.69, 9.17) is 32.7 Å². The van der Waals surface area contributed by atoms with Gasteiger partial charge in [-0.1, -0.05) is 29.3 Å². The molecule has 1 unspecified atom stereocenters. The largest absolute Gasteiger partial charge is 0.480 e. The molecule has 2 aromatic carbocycles. The van der Waals surface area contributed by atoms with E-state index in [2.05, 4.69) is 0 Å². The molecule has 0 N–H and O–H groups in total. The Bertz CT molecular complexity index is 1030. The fourth-order valence-corrected chi connectivity index (χ4v) is 6.75. The van der Waals surface area contributed by atoms with Gasteiger partial charge >= 0.3 is 5.97 Å². The van der Waals surface area contributed by atoms with Crippen molar-refractivity contribution in [2.24, 2.45) is 0 Å². The average molecular weight is 504 g/mol. The molecule has 0 aromatic heterocycles. The van der Waals surface area contributed by atoms with Crippen LogP contribution in [-0.4, -0.2) is 49.1 Å². The maximum absolute atomic E-state index is 13.1. The summed E-state index contributed by atoms with van der Waals surface area (Å²) in [5.41, 5.74) is 0.873. The van der Waals surface area contributed by atoms with Gasteiger partial charge in [-0.3, -0.25) is 0 Å². The van der Waals surface area contributed by atoms with Gasteiger partial charge in [-0.05, 0) is 62.2 Å². The second-order valence-corrected chi connectivity index (χ2v) is 11.2. The van der Waals surface area contributed by atoms with Crippen LogP contribution >= 0.6 is 35.0 Å². The van der Waals surface area contributed by atoms with E-state index in [0.717, 1.165) is 5.56 Å². The fourth-order valence-electron chi connectivity index (χ4n) is 3.11. The van der Waals surface area contributed by atoms with Crippen LogP contribution in [0, 0.1) is 0 Å². The number of rotatable bonds is 8. The number of esters is 1. The van der Waals surface area contributed by atoms with Crippen LogP contribution in [0.2, 0.25) is 10.0 Å². The second kappa shape index (κ2) is 10.4. The molecule has 1 aliphatic heterocycles. The lowest BCUT2D eigenvalue weighted by atomic mass is 10.1. The zero-order valence-electron chi connectivity index (χ0n) is 17.1. The van der Waals surface area contributed by atoms with Gasteiger partial charge in [-0.15, -0.1) is 11.8 Å². The summed E-state index contributed by atoms with van der Waals surface area (Å²) in [7, 11) is -3.63. The molecule has 3 rings (SSSR count). The van der Waals surface area contributed by atoms with Crippen molar-refractivity contribution >= 4 is 51.0 Å². The molecule has 1 aliphatic rings. The Morgan fingerprint density at radius 1 is 1.19 bits per heavy atom. The van der Waals surface area contributed by atoms with Gasteiger partial charge in [0, 0.05) is 17.3 Å². The first-order chi connectivity index (χ1) is 14.7. The predicted octanol–water partition coefficient (Wildman–Crippen LogP) is 4.63. The summed E-state index contributed by atoms with van der Waals surface area (Å²) >= 11 is 13.8. The van der Waals surface area contributed by atoms with Crippen LogP contribution in [0.4, 0.5) is 0 Å². The van der Waals surface area contributed by atoms with Crippen molar-refractivity contribution in [3.8, 4) is 5.75 Å². The van der Waals surface area contributed by atoms with Crippen LogP contribution in [0.15, 0.2) is 47.4 Å². The number of thioether (sulfide) groups is 1. The van der Waals surface area contributed by atoms with Crippen molar-refractivity contribution in [1.29, 1.82) is 0 Å². The third-order valence-electron chi connectivity index (χ3n) is 4.48. The SMILES string of the molecule is CC(C)OC(=O)COc1ccc(CC2SCCN2S(=O)(=O)c2ccc(Cl)cc2)cc1Cl. The Labute approximate surface area is 196 Å². The number of ether oxygens (including phenoxy) is 2. The number of halogens is 2. The molecule has 0 amide bonds. The molecule has 31 heavy (non-hydrogen) atoms. The van der Waals surface area contributed by atoms with Gasteiger partial charge in [0.1, 0.15) is 5.75 Å². The summed E-state index contributed by atoms with van der Waals surface area (Å²) in [5.74, 6) is 0.612. The van der Waals surface area contributed by atoms with Crippen molar-refractivity contribution in [3.05, 3.63) is 58.1 Å². The van der Waals surface area contributed by atoms with Crippen LogP contribution in [0.5, 0.6) is 5.75 Å². The molecule has 0 saturated carbocycles. The predicted molar refractivity (Wildman–Crippen MR) is 123 cm³/mol. The molecule has 0 aliphatic carbocycles. The summed E-state index contributed by atoms with van der Waals surface area (Å²) in [4.78, 5) is 11.9. The van der Waals surface area contributed by atoms with Crippen molar-refractivity contribution in [2.75, 3.05) is 18.9 Å². The fraction of sp³-hybridized carbons (Fsp3) is 0.381. The molecule has 2 aromatic rings. The van der Waals surface area contributed by atoms with E-state index < -0.39 is 16.0 Å². The highest BCUT2D eigenvalue weighted by molar-refractivity contribution is 8.01. The van der Waals surface area contributed by atoms with E-state index in [0.29, 0.717) is 34.5 Å². The lowest BCUT2D eigenvalue weighted by Crippen LogP contribution is -2.36. The summed E-state index contributed by atoms with van der Waals surface area (Å²) in [6.07, 6.45) is 0.275. The molecule has 1 heterocycles.